The van der Waals surface area contributed by atoms with Gasteiger partial charge in [-0.2, -0.15) is 9.36 Å². The number of fused-ring (bicyclic) bond motifs is 4. The zero-order valence-corrected chi connectivity index (χ0v) is 23.3. The normalized spacial score (nSPS) is 31.4. The largest absolute Gasteiger partial charge is 0.477 e. The number of quaternary nitrogens is 1. The van der Waals surface area contributed by atoms with Crippen molar-refractivity contribution in [3.05, 3.63) is 17.1 Å². The molecule has 6 aliphatic rings. The summed E-state index contributed by atoms with van der Waals surface area (Å²) in [6.07, 6.45) is 4.16. The number of anilines is 1. The number of aliphatic carboxylic acids is 1. The molecule has 0 spiro atoms. The number of carboxylic acid groups (broad SMARTS) is 1. The van der Waals surface area contributed by atoms with E-state index in [9.17, 15) is 24.3 Å². The van der Waals surface area contributed by atoms with Gasteiger partial charge in [-0.1, -0.05) is 5.16 Å². The maximum Gasteiger partial charge on any atom is 0.352 e. The quantitative estimate of drug-likeness (QED) is 0.119. The molecule has 2 atom stereocenters. The summed E-state index contributed by atoms with van der Waals surface area (Å²) in [6, 6.07) is -0.939. The molecule has 1 aliphatic carbocycles. The van der Waals surface area contributed by atoms with Gasteiger partial charge >= 0.3 is 5.97 Å². The van der Waals surface area contributed by atoms with Crippen molar-refractivity contribution in [2.24, 2.45) is 22.2 Å². The minimum atomic E-state index is -1.17. The molecule has 5 aliphatic heterocycles. The topological polar surface area (TPSA) is 203 Å². The first kappa shape index (κ1) is 27.0. The molecule has 6 N–H and O–H groups in total. The van der Waals surface area contributed by atoms with Gasteiger partial charge in [0.05, 0.1) is 25.0 Å². The van der Waals surface area contributed by atoms with Crippen LogP contribution in [0.1, 0.15) is 37.9 Å². The van der Waals surface area contributed by atoms with Gasteiger partial charge in [-0.15, -0.1) is 11.8 Å². The van der Waals surface area contributed by atoms with Crippen LogP contribution in [-0.2, 0) is 24.0 Å². The van der Waals surface area contributed by atoms with Crippen LogP contribution in [-0.4, -0.2) is 103 Å². The van der Waals surface area contributed by atoms with Crippen molar-refractivity contribution in [1.82, 2.24) is 19.6 Å². The Kier molecular flexibility index (Phi) is 6.73. The summed E-state index contributed by atoms with van der Waals surface area (Å²) in [5.41, 5.74) is 11.4. The summed E-state index contributed by atoms with van der Waals surface area (Å²) < 4.78 is 4.75. The van der Waals surface area contributed by atoms with Crippen LogP contribution in [0.3, 0.4) is 0 Å². The van der Waals surface area contributed by atoms with Crippen molar-refractivity contribution in [3.63, 3.8) is 0 Å². The molecule has 14 nitrogen and oxygen atoms in total. The first-order valence-electron chi connectivity index (χ1n) is 13.3. The molecule has 2 bridgehead atoms. The van der Waals surface area contributed by atoms with Crippen molar-refractivity contribution in [2.75, 3.05) is 44.3 Å². The Bertz CT molecular complexity index is 1320. The summed E-state index contributed by atoms with van der Waals surface area (Å²) in [6.45, 7) is 3.12. The number of hydrogen-bond donors (Lipinski definition) is 4. The Labute approximate surface area is 237 Å². The number of nitrogen functional groups attached to an aromatic ring is 1. The Morgan fingerprint density at radius 3 is 2.50 bits per heavy atom. The molecule has 0 aromatic carbocycles. The minimum absolute atomic E-state index is 0.00136. The summed E-state index contributed by atoms with van der Waals surface area (Å²) in [4.78, 5) is 61.5. The number of carboxylic acids is 1. The number of nitrogens with zero attached hydrogens (tertiary/aromatic N) is 5. The molecule has 1 aromatic heterocycles. The highest BCUT2D eigenvalue weighted by Gasteiger charge is 2.57. The molecule has 6 heterocycles. The minimum Gasteiger partial charge on any atom is -0.477 e. The van der Waals surface area contributed by atoms with Crippen molar-refractivity contribution in [1.29, 1.82) is 0 Å². The second kappa shape index (κ2) is 9.99. The summed E-state index contributed by atoms with van der Waals surface area (Å²) in [5, 5.41) is 16.3. The first-order chi connectivity index (χ1) is 19.1. The monoisotopic (exact) mass is 591 g/mol. The number of primary amides is 1. The van der Waals surface area contributed by atoms with Crippen LogP contribution in [0.25, 0.3) is 0 Å². The number of oxime groups is 1. The molecule has 4 saturated heterocycles. The van der Waals surface area contributed by atoms with Crippen molar-refractivity contribution in [2.45, 2.75) is 43.5 Å². The molecule has 0 unspecified atom stereocenters. The maximum atomic E-state index is 13.3. The number of β-lactam (4-membered cyclic amide) rings is 1. The molecule has 0 radical (unpaired) electrons. The maximum absolute atomic E-state index is 13.3. The molecule has 7 rings (SSSR count). The smallest absolute Gasteiger partial charge is 0.352 e. The SMILES string of the molecule is NC(=O)C12CC[N+](CC3=C(C(=O)O)N4C(=O)[C@@H](NC(=O)/C(=N\OCC5CC5)c5nsc(N)n5)[C@@H]4SC3)(CC1)CC2. The van der Waals surface area contributed by atoms with Crippen LogP contribution in [0.5, 0.6) is 0 Å². The Morgan fingerprint density at radius 2 is 1.93 bits per heavy atom. The standard InChI is InChI=1S/C24H30N8O6S2/c25-22(37)24-3-6-32(7-4-24,8-5-24)9-13-11-39-20-15(19(34)31(20)16(13)21(35)36)27-18(33)14(17-28-23(26)40-30-17)29-38-10-12-1-2-12/h12,15,20H,1-11H2,(H5-,25,26,27,28,30,33,35,36,37)/p+1/b29-14-/t15-,20+,24?,32?/m1/s1. The van der Waals surface area contributed by atoms with E-state index in [1.54, 1.807) is 0 Å². The Balaban J connectivity index is 1.17. The van der Waals surface area contributed by atoms with Gasteiger partial charge in [0.25, 0.3) is 11.8 Å². The summed E-state index contributed by atoms with van der Waals surface area (Å²) in [5.74, 6) is -1.80. The van der Waals surface area contributed by atoms with Gasteiger partial charge in [-0.25, -0.2) is 4.79 Å². The predicted molar refractivity (Wildman–Crippen MR) is 144 cm³/mol. The molecular formula is C24H31N8O6S2+. The van der Waals surface area contributed by atoms with E-state index in [4.69, 9.17) is 16.3 Å². The molecule has 214 valence electrons. The van der Waals surface area contributed by atoms with Gasteiger partial charge in [0.2, 0.25) is 17.4 Å². The van der Waals surface area contributed by atoms with E-state index in [2.05, 4.69) is 19.8 Å². The third-order valence-corrected chi connectivity index (χ3v) is 10.7. The number of amides is 3. The predicted octanol–water partition coefficient (Wildman–Crippen LogP) is -0.524. The van der Waals surface area contributed by atoms with E-state index < -0.39 is 34.6 Å². The lowest BCUT2D eigenvalue weighted by Crippen LogP contribution is -2.71. The van der Waals surface area contributed by atoms with Gasteiger partial charge in [-0.3, -0.25) is 19.3 Å². The molecule has 3 amide bonds. The van der Waals surface area contributed by atoms with Crippen LogP contribution in [0, 0.1) is 11.3 Å². The highest BCUT2D eigenvalue weighted by Crippen LogP contribution is 2.46. The lowest BCUT2D eigenvalue weighted by Gasteiger charge is -2.55. The lowest BCUT2D eigenvalue weighted by molar-refractivity contribution is -0.940. The highest BCUT2D eigenvalue weighted by atomic mass is 32.2. The van der Waals surface area contributed by atoms with Gasteiger partial charge in [0, 0.05) is 42.1 Å². The molecule has 40 heavy (non-hydrogen) atoms. The van der Waals surface area contributed by atoms with E-state index in [0.717, 1.165) is 44.0 Å². The van der Waals surface area contributed by atoms with Gasteiger partial charge in [-0.05, 0) is 18.8 Å². The summed E-state index contributed by atoms with van der Waals surface area (Å²) in [7, 11) is 0. The van der Waals surface area contributed by atoms with Crippen LogP contribution in [0.4, 0.5) is 5.13 Å². The molecule has 16 heteroatoms. The van der Waals surface area contributed by atoms with Crippen LogP contribution < -0.4 is 16.8 Å². The average molecular weight is 592 g/mol. The Hall–Kier alpha value is -3.24. The number of nitrogens with one attached hydrogen (secondary N) is 1. The number of hydrogen-bond acceptors (Lipinski definition) is 11. The van der Waals surface area contributed by atoms with Crippen LogP contribution in [0.2, 0.25) is 0 Å². The molecule has 1 aromatic rings. The van der Waals surface area contributed by atoms with E-state index in [-0.39, 0.29) is 28.3 Å². The van der Waals surface area contributed by atoms with Gasteiger partial charge in [0.1, 0.15) is 30.3 Å². The lowest BCUT2D eigenvalue weighted by atomic mass is 9.70. The first-order valence-corrected chi connectivity index (χ1v) is 15.1. The Morgan fingerprint density at radius 1 is 1.23 bits per heavy atom. The fraction of sp³-hybridized carbons (Fsp3) is 0.625. The number of rotatable bonds is 10. The average Bonchev–Trinajstić information content (AvgIpc) is 3.67. The van der Waals surface area contributed by atoms with Crippen LogP contribution in [0.15, 0.2) is 16.4 Å². The van der Waals surface area contributed by atoms with Crippen molar-refractivity contribution >= 4 is 57.8 Å². The second-order valence-electron chi connectivity index (χ2n) is 11.3. The van der Waals surface area contributed by atoms with E-state index >= 15 is 0 Å². The van der Waals surface area contributed by atoms with Gasteiger partial charge in [0.15, 0.2) is 5.13 Å². The zero-order valence-electron chi connectivity index (χ0n) is 21.7. The van der Waals surface area contributed by atoms with E-state index in [1.807, 2.05) is 0 Å². The highest BCUT2D eigenvalue weighted by molar-refractivity contribution is 8.00. The zero-order chi connectivity index (χ0) is 28.2. The number of aromatic nitrogens is 2. The number of piperidine rings is 3. The number of thioether (sulfide) groups is 1. The van der Waals surface area contributed by atoms with E-state index in [0.29, 0.717) is 54.1 Å². The third kappa shape index (κ3) is 4.71. The number of carbonyl (C=O) groups is 4. The van der Waals surface area contributed by atoms with Crippen molar-refractivity contribution < 1.29 is 33.6 Å². The van der Waals surface area contributed by atoms with Crippen molar-refractivity contribution in [3.8, 4) is 0 Å². The molecule has 5 fully saturated rings. The number of nitrogens with two attached hydrogens (primary N) is 2. The molecular weight excluding hydrogens is 560 g/mol. The second-order valence-corrected chi connectivity index (χ2v) is 13.2. The van der Waals surface area contributed by atoms with Gasteiger partial charge < -0.3 is 31.2 Å². The van der Waals surface area contributed by atoms with Crippen LogP contribution >= 0.6 is 23.3 Å². The third-order valence-electron chi connectivity index (χ3n) is 8.81. The fourth-order valence-electron chi connectivity index (χ4n) is 6.10. The summed E-state index contributed by atoms with van der Waals surface area (Å²) >= 11 is 2.33. The molecule has 1 saturated carbocycles. The van der Waals surface area contributed by atoms with E-state index in [1.165, 1.54) is 16.7 Å². The fourth-order valence-corrected chi connectivity index (χ4v) is 7.87. The number of carbonyl (C=O) groups excluding carboxylic acids is 3.